The van der Waals surface area contributed by atoms with Gasteiger partial charge >= 0.3 is 0 Å². The highest BCUT2D eigenvalue weighted by atomic mass is 16.3. The van der Waals surface area contributed by atoms with Crippen molar-refractivity contribution >= 4 is 0 Å². The molecule has 1 heterocycles. The predicted octanol–water partition coefficient (Wildman–Crippen LogP) is 1.35. The first-order valence-electron chi connectivity index (χ1n) is 4.86. The first kappa shape index (κ1) is 10.2. The monoisotopic (exact) mass is 183 g/mol. The van der Waals surface area contributed by atoms with Gasteiger partial charge in [-0.2, -0.15) is 0 Å². The Labute approximate surface area is 78.6 Å². The summed E-state index contributed by atoms with van der Waals surface area (Å²) < 4.78 is 1.79. The van der Waals surface area contributed by atoms with Crippen LogP contribution in [0, 0.1) is 0 Å². The maximum atomic E-state index is 8.74. The van der Waals surface area contributed by atoms with Gasteiger partial charge in [0.1, 0.15) is 5.69 Å². The molecule has 4 heteroatoms. The smallest absolute Gasteiger partial charge is 0.108 e. The van der Waals surface area contributed by atoms with Crippen molar-refractivity contribution in [3.05, 3.63) is 11.9 Å². The Balaban J connectivity index is 2.20. The minimum absolute atomic E-state index is 0.0189. The van der Waals surface area contributed by atoms with Crippen molar-refractivity contribution in [2.24, 2.45) is 0 Å². The van der Waals surface area contributed by atoms with Crippen LogP contribution < -0.4 is 0 Å². The number of hydrogen-bond acceptors (Lipinski definition) is 3. The average molecular weight is 183 g/mol. The lowest BCUT2D eigenvalue weighted by atomic mass is 10.2. The second kappa shape index (κ2) is 5.70. The number of aryl methyl sites for hydroxylation is 1. The van der Waals surface area contributed by atoms with Crippen LogP contribution in [-0.4, -0.2) is 20.1 Å². The number of aliphatic hydroxyl groups excluding tert-OH is 1. The third-order valence-electron chi connectivity index (χ3n) is 1.99. The molecule has 1 rings (SSSR count). The Bertz CT molecular complexity index is 235. The van der Waals surface area contributed by atoms with E-state index in [1.165, 1.54) is 19.3 Å². The van der Waals surface area contributed by atoms with Gasteiger partial charge in [-0.25, -0.2) is 0 Å². The van der Waals surface area contributed by atoms with Gasteiger partial charge in [0, 0.05) is 6.54 Å². The van der Waals surface area contributed by atoms with Crippen LogP contribution in [0.25, 0.3) is 0 Å². The van der Waals surface area contributed by atoms with Crippen molar-refractivity contribution in [1.82, 2.24) is 15.0 Å². The van der Waals surface area contributed by atoms with Crippen LogP contribution in [0.4, 0.5) is 0 Å². The van der Waals surface area contributed by atoms with Crippen molar-refractivity contribution < 1.29 is 5.11 Å². The lowest BCUT2D eigenvalue weighted by molar-refractivity contribution is 0.276. The number of rotatable bonds is 6. The van der Waals surface area contributed by atoms with Crippen molar-refractivity contribution in [2.75, 3.05) is 0 Å². The highest BCUT2D eigenvalue weighted by Gasteiger charge is 1.97. The average Bonchev–Trinajstić information content (AvgIpc) is 2.60. The van der Waals surface area contributed by atoms with Gasteiger partial charge < -0.3 is 5.11 Å². The maximum Gasteiger partial charge on any atom is 0.108 e. The van der Waals surface area contributed by atoms with Crippen LogP contribution in [0.2, 0.25) is 0 Å². The molecule has 4 nitrogen and oxygen atoms in total. The Kier molecular flexibility index (Phi) is 4.46. The summed E-state index contributed by atoms with van der Waals surface area (Å²) in [6.07, 6.45) is 6.71. The molecule has 1 N–H and O–H groups in total. The molecular formula is C9H17N3O. The number of aromatic nitrogens is 3. The molecule has 0 fully saturated rings. The SMILES string of the molecule is CCCCCCn1cc(CO)nn1. The minimum atomic E-state index is -0.0189. The van der Waals surface area contributed by atoms with Crippen molar-refractivity contribution in [1.29, 1.82) is 0 Å². The van der Waals surface area contributed by atoms with Gasteiger partial charge in [0.15, 0.2) is 0 Å². The molecule has 0 radical (unpaired) electrons. The molecule has 0 aliphatic rings. The molecule has 0 atom stereocenters. The van der Waals surface area contributed by atoms with Crippen LogP contribution in [0.15, 0.2) is 6.20 Å². The molecule has 0 amide bonds. The molecule has 0 saturated heterocycles. The number of aliphatic hydroxyl groups is 1. The Morgan fingerprint density at radius 3 is 2.85 bits per heavy atom. The molecule has 0 aromatic carbocycles. The summed E-state index contributed by atoms with van der Waals surface area (Å²) in [6.45, 7) is 3.08. The van der Waals surface area contributed by atoms with Gasteiger partial charge in [-0.3, -0.25) is 4.68 Å². The van der Waals surface area contributed by atoms with Crippen molar-refractivity contribution in [3.63, 3.8) is 0 Å². The third-order valence-corrected chi connectivity index (χ3v) is 1.99. The van der Waals surface area contributed by atoms with Gasteiger partial charge in [-0.1, -0.05) is 31.4 Å². The normalized spacial score (nSPS) is 10.6. The molecule has 0 aliphatic heterocycles. The van der Waals surface area contributed by atoms with Crippen LogP contribution in [0.3, 0.4) is 0 Å². The first-order chi connectivity index (χ1) is 6.36. The second-order valence-electron chi connectivity index (χ2n) is 3.19. The summed E-state index contributed by atoms with van der Waals surface area (Å²) in [5.74, 6) is 0. The van der Waals surface area contributed by atoms with Crippen LogP contribution in [0.5, 0.6) is 0 Å². The van der Waals surface area contributed by atoms with Crippen molar-refractivity contribution in [3.8, 4) is 0 Å². The van der Waals surface area contributed by atoms with E-state index in [4.69, 9.17) is 5.11 Å². The lowest BCUT2D eigenvalue weighted by Gasteiger charge is -1.98. The van der Waals surface area contributed by atoms with Crippen molar-refractivity contribution in [2.45, 2.75) is 45.8 Å². The largest absolute Gasteiger partial charge is 0.390 e. The summed E-state index contributed by atoms with van der Waals surface area (Å²) in [5.41, 5.74) is 0.649. The maximum absolute atomic E-state index is 8.74. The molecule has 13 heavy (non-hydrogen) atoms. The quantitative estimate of drug-likeness (QED) is 0.677. The van der Waals surface area contributed by atoms with Crippen LogP contribution >= 0.6 is 0 Å². The summed E-state index contributed by atoms with van der Waals surface area (Å²) in [5, 5.41) is 16.4. The van der Waals surface area contributed by atoms with E-state index in [9.17, 15) is 0 Å². The lowest BCUT2D eigenvalue weighted by Crippen LogP contribution is -1.98. The Morgan fingerprint density at radius 2 is 2.23 bits per heavy atom. The van der Waals surface area contributed by atoms with E-state index in [2.05, 4.69) is 17.2 Å². The molecule has 1 aromatic heterocycles. The van der Waals surface area contributed by atoms with E-state index in [0.717, 1.165) is 13.0 Å². The number of nitrogens with zero attached hydrogens (tertiary/aromatic N) is 3. The van der Waals surface area contributed by atoms with Gasteiger partial charge in [-0.15, -0.1) is 5.10 Å². The van der Waals surface area contributed by atoms with Gasteiger partial charge in [0.2, 0.25) is 0 Å². The van der Waals surface area contributed by atoms with Crippen LogP contribution in [-0.2, 0) is 13.2 Å². The first-order valence-corrected chi connectivity index (χ1v) is 4.86. The van der Waals surface area contributed by atoms with E-state index in [0.29, 0.717) is 5.69 Å². The van der Waals surface area contributed by atoms with E-state index in [1.807, 2.05) is 0 Å². The highest BCUT2D eigenvalue weighted by molar-refractivity contribution is 4.88. The molecule has 0 saturated carbocycles. The molecule has 0 spiro atoms. The third kappa shape index (κ3) is 3.55. The van der Waals surface area contributed by atoms with E-state index in [-0.39, 0.29) is 6.61 Å². The van der Waals surface area contributed by atoms with E-state index >= 15 is 0 Å². The number of unbranched alkanes of at least 4 members (excludes halogenated alkanes) is 3. The second-order valence-corrected chi connectivity index (χ2v) is 3.19. The fraction of sp³-hybridized carbons (Fsp3) is 0.778. The molecule has 0 unspecified atom stereocenters. The highest BCUT2D eigenvalue weighted by Crippen LogP contribution is 2.01. The predicted molar refractivity (Wildman–Crippen MR) is 50.1 cm³/mol. The summed E-state index contributed by atoms with van der Waals surface area (Å²) in [6, 6.07) is 0. The Morgan fingerprint density at radius 1 is 1.38 bits per heavy atom. The zero-order valence-corrected chi connectivity index (χ0v) is 8.11. The molecule has 0 aliphatic carbocycles. The summed E-state index contributed by atoms with van der Waals surface area (Å²) in [7, 11) is 0. The zero-order valence-electron chi connectivity index (χ0n) is 8.11. The van der Waals surface area contributed by atoms with Crippen LogP contribution in [0.1, 0.15) is 38.3 Å². The molecule has 74 valence electrons. The Hall–Kier alpha value is -0.900. The van der Waals surface area contributed by atoms with E-state index < -0.39 is 0 Å². The van der Waals surface area contributed by atoms with Gasteiger partial charge in [-0.05, 0) is 6.42 Å². The number of hydrogen-bond donors (Lipinski definition) is 1. The molecule has 0 bridgehead atoms. The molecule has 1 aromatic rings. The zero-order chi connectivity index (χ0) is 9.52. The van der Waals surface area contributed by atoms with E-state index in [1.54, 1.807) is 10.9 Å². The van der Waals surface area contributed by atoms with Gasteiger partial charge in [0.25, 0.3) is 0 Å². The topological polar surface area (TPSA) is 50.9 Å². The summed E-state index contributed by atoms with van der Waals surface area (Å²) in [4.78, 5) is 0. The molecular weight excluding hydrogens is 166 g/mol. The fourth-order valence-corrected chi connectivity index (χ4v) is 1.22. The standard InChI is InChI=1S/C9H17N3O/c1-2-3-4-5-6-12-7-9(8-13)10-11-12/h7,13H,2-6,8H2,1H3. The fourth-order valence-electron chi connectivity index (χ4n) is 1.22. The van der Waals surface area contributed by atoms with Gasteiger partial charge in [0.05, 0.1) is 12.8 Å². The minimum Gasteiger partial charge on any atom is -0.390 e. The summed E-state index contributed by atoms with van der Waals surface area (Å²) >= 11 is 0.